The van der Waals surface area contributed by atoms with Gasteiger partial charge in [-0.1, -0.05) is 41.3 Å². The van der Waals surface area contributed by atoms with Crippen LogP contribution in [0.2, 0.25) is 0 Å². The van der Waals surface area contributed by atoms with Gasteiger partial charge in [-0.05, 0) is 25.5 Å². The van der Waals surface area contributed by atoms with Crippen LogP contribution in [0.1, 0.15) is 12.5 Å². The van der Waals surface area contributed by atoms with E-state index in [9.17, 15) is 4.79 Å². The molecule has 0 radical (unpaired) electrons. The molecule has 0 saturated heterocycles. The lowest BCUT2D eigenvalue weighted by Crippen LogP contribution is -2.29. The Morgan fingerprint density at radius 1 is 1.33 bits per heavy atom. The highest BCUT2D eigenvalue weighted by Gasteiger charge is 2.18. The fraction of sp³-hybridized carbons (Fsp3) is 0.357. The van der Waals surface area contributed by atoms with Crippen molar-refractivity contribution in [3.63, 3.8) is 0 Å². The molecule has 1 N–H and O–H groups in total. The van der Waals surface area contributed by atoms with Crippen LogP contribution in [0.25, 0.3) is 0 Å². The lowest BCUT2D eigenvalue weighted by Gasteiger charge is -2.14. The zero-order chi connectivity index (χ0) is 15.4. The Morgan fingerprint density at radius 3 is 2.71 bits per heavy atom. The van der Waals surface area contributed by atoms with Gasteiger partial charge in [-0.3, -0.25) is 4.79 Å². The van der Waals surface area contributed by atoms with Crippen molar-refractivity contribution >= 4 is 39.8 Å². The topological polar surface area (TPSA) is 58.1 Å². The van der Waals surface area contributed by atoms with Crippen LogP contribution in [0.4, 0.5) is 10.8 Å². The molecule has 2 rings (SSSR count). The SMILES string of the molecule is Cc1ccccc1Nc1nnc(S[C@H](C)C(=O)N(C)C)s1. The molecule has 0 aliphatic rings. The van der Waals surface area contributed by atoms with E-state index >= 15 is 0 Å². The van der Waals surface area contributed by atoms with Crippen LogP contribution in [0.15, 0.2) is 28.6 Å². The quantitative estimate of drug-likeness (QED) is 0.857. The van der Waals surface area contributed by atoms with Crippen LogP contribution in [-0.2, 0) is 4.79 Å². The Morgan fingerprint density at radius 2 is 2.05 bits per heavy atom. The predicted molar refractivity (Wildman–Crippen MR) is 88.4 cm³/mol. The van der Waals surface area contributed by atoms with E-state index in [-0.39, 0.29) is 11.2 Å². The van der Waals surface area contributed by atoms with Gasteiger partial charge >= 0.3 is 0 Å². The number of nitrogens with one attached hydrogen (secondary N) is 1. The summed E-state index contributed by atoms with van der Waals surface area (Å²) in [6.45, 7) is 3.92. The first-order valence-electron chi connectivity index (χ1n) is 6.51. The molecule has 0 bridgehead atoms. The smallest absolute Gasteiger partial charge is 0.235 e. The van der Waals surface area contributed by atoms with Gasteiger partial charge in [0.2, 0.25) is 11.0 Å². The van der Waals surface area contributed by atoms with Crippen molar-refractivity contribution in [3.05, 3.63) is 29.8 Å². The molecular weight excluding hydrogens is 304 g/mol. The number of carbonyl (C=O) groups excluding carboxylic acids is 1. The van der Waals surface area contributed by atoms with Crippen LogP contribution in [0, 0.1) is 6.92 Å². The number of amides is 1. The minimum atomic E-state index is -0.167. The van der Waals surface area contributed by atoms with Crippen molar-refractivity contribution in [2.24, 2.45) is 0 Å². The first-order chi connectivity index (χ1) is 9.97. The number of nitrogens with zero attached hydrogens (tertiary/aromatic N) is 3. The molecule has 0 saturated carbocycles. The second-order valence-corrected chi connectivity index (χ2v) is 7.37. The van der Waals surface area contributed by atoms with Gasteiger partial charge in [0.15, 0.2) is 4.34 Å². The van der Waals surface area contributed by atoms with Gasteiger partial charge in [-0.25, -0.2) is 0 Å². The highest BCUT2D eigenvalue weighted by atomic mass is 32.2. The Hall–Kier alpha value is -1.60. The first kappa shape index (κ1) is 15.8. The molecule has 0 aliphatic heterocycles. The molecule has 0 spiro atoms. The number of para-hydroxylation sites is 1. The summed E-state index contributed by atoms with van der Waals surface area (Å²) in [7, 11) is 3.51. The van der Waals surface area contributed by atoms with E-state index in [0.29, 0.717) is 0 Å². The predicted octanol–water partition coefficient (Wildman–Crippen LogP) is 3.16. The molecule has 1 atom stereocenters. The fourth-order valence-corrected chi connectivity index (χ4v) is 3.76. The molecule has 0 fully saturated rings. The number of hydrogen-bond acceptors (Lipinski definition) is 6. The largest absolute Gasteiger partial charge is 0.348 e. The van der Waals surface area contributed by atoms with Crippen molar-refractivity contribution in [1.29, 1.82) is 0 Å². The third-order valence-corrected chi connectivity index (χ3v) is 4.87. The molecular formula is C14H18N4OS2. The molecule has 1 amide bonds. The summed E-state index contributed by atoms with van der Waals surface area (Å²) in [6, 6.07) is 8.01. The average Bonchev–Trinajstić information content (AvgIpc) is 2.87. The van der Waals surface area contributed by atoms with E-state index in [2.05, 4.69) is 15.5 Å². The molecule has 112 valence electrons. The minimum absolute atomic E-state index is 0.0728. The van der Waals surface area contributed by atoms with Gasteiger partial charge in [0, 0.05) is 19.8 Å². The highest BCUT2D eigenvalue weighted by molar-refractivity contribution is 8.02. The van der Waals surface area contributed by atoms with Crippen LogP contribution in [0.3, 0.4) is 0 Å². The molecule has 0 unspecified atom stereocenters. The Balaban J connectivity index is 2.02. The summed E-state index contributed by atoms with van der Waals surface area (Å²) < 4.78 is 0.786. The summed E-state index contributed by atoms with van der Waals surface area (Å²) in [5.74, 6) is 0.0728. The highest BCUT2D eigenvalue weighted by Crippen LogP contribution is 2.31. The number of hydrogen-bond donors (Lipinski definition) is 1. The number of rotatable bonds is 5. The van der Waals surface area contributed by atoms with E-state index in [4.69, 9.17) is 0 Å². The number of aryl methyl sites for hydroxylation is 1. The summed E-state index contributed by atoms with van der Waals surface area (Å²) in [5.41, 5.74) is 2.17. The van der Waals surface area contributed by atoms with Gasteiger partial charge in [-0.15, -0.1) is 10.2 Å². The fourth-order valence-electron chi connectivity index (χ4n) is 1.70. The summed E-state index contributed by atoms with van der Waals surface area (Å²) in [6.07, 6.45) is 0. The van der Waals surface area contributed by atoms with Crippen molar-refractivity contribution in [3.8, 4) is 0 Å². The standard InChI is InChI=1S/C14H18N4OS2/c1-9-7-5-6-8-11(9)15-13-16-17-14(21-13)20-10(2)12(19)18(3)4/h5-8,10H,1-4H3,(H,15,16)/t10-/m1/s1. The number of carbonyl (C=O) groups is 1. The Bertz CT molecular complexity index is 627. The number of benzene rings is 1. The van der Waals surface area contributed by atoms with Crippen LogP contribution in [-0.4, -0.2) is 40.3 Å². The van der Waals surface area contributed by atoms with Crippen LogP contribution < -0.4 is 5.32 Å². The third-order valence-electron chi connectivity index (χ3n) is 2.86. The lowest BCUT2D eigenvalue weighted by molar-refractivity contribution is -0.127. The molecule has 1 aromatic heterocycles. The normalized spacial score (nSPS) is 12.0. The molecule has 1 heterocycles. The summed E-state index contributed by atoms with van der Waals surface area (Å²) in [4.78, 5) is 13.4. The molecule has 1 aromatic carbocycles. The Kier molecular flexibility index (Phi) is 5.19. The average molecular weight is 322 g/mol. The van der Waals surface area contributed by atoms with Crippen LogP contribution in [0.5, 0.6) is 0 Å². The zero-order valence-corrected chi connectivity index (χ0v) is 14.1. The van der Waals surface area contributed by atoms with E-state index in [1.165, 1.54) is 23.1 Å². The monoisotopic (exact) mass is 322 g/mol. The van der Waals surface area contributed by atoms with Gasteiger partial charge in [0.1, 0.15) is 0 Å². The molecule has 5 nitrogen and oxygen atoms in total. The van der Waals surface area contributed by atoms with Gasteiger partial charge < -0.3 is 10.2 Å². The van der Waals surface area contributed by atoms with Crippen molar-refractivity contribution in [2.75, 3.05) is 19.4 Å². The second kappa shape index (κ2) is 6.91. The maximum atomic E-state index is 11.8. The van der Waals surface area contributed by atoms with Gasteiger partial charge in [0.25, 0.3) is 0 Å². The van der Waals surface area contributed by atoms with Gasteiger partial charge in [0.05, 0.1) is 5.25 Å². The zero-order valence-electron chi connectivity index (χ0n) is 12.5. The van der Waals surface area contributed by atoms with E-state index < -0.39 is 0 Å². The van der Waals surface area contributed by atoms with Crippen molar-refractivity contribution < 1.29 is 4.79 Å². The first-order valence-corrected chi connectivity index (χ1v) is 8.21. The van der Waals surface area contributed by atoms with E-state index in [1.54, 1.807) is 19.0 Å². The molecule has 21 heavy (non-hydrogen) atoms. The second-order valence-electron chi connectivity index (χ2n) is 4.81. The Labute approximate surface area is 132 Å². The molecule has 7 heteroatoms. The molecule has 2 aromatic rings. The molecule has 0 aliphatic carbocycles. The van der Waals surface area contributed by atoms with Crippen LogP contribution >= 0.6 is 23.1 Å². The third kappa shape index (κ3) is 4.18. The maximum absolute atomic E-state index is 11.8. The number of aromatic nitrogens is 2. The minimum Gasteiger partial charge on any atom is -0.348 e. The van der Waals surface area contributed by atoms with Crippen molar-refractivity contribution in [2.45, 2.75) is 23.4 Å². The summed E-state index contributed by atoms with van der Waals surface area (Å²) in [5, 5.41) is 12.1. The summed E-state index contributed by atoms with van der Waals surface area (Å²) >= 11 is 2.88. The maximum Gasteiger partial charge on any atom is 0.235 e. The van der Waals surface area contributed by atoms with E-state index in [0.717, 1.165) is 20.7 Å². The van der Waals surface area contributed by atoms with Crippen molar-refractivity contribution in [1.82, 2.24) is 15.1 Å². The number of thioether (sulfide) groups is 1. The lowest BCUT2D eigenvalue weighted by atomic mass is 10.2. The number of anilines is 2. The van der Waals surface area contributed by atoms with Gasteiger partial charge in [-0.2, -0.15) is 0 Å². The van der Waals surface area contributed by atoms with E-state index in [1.807, 2.05) is 38.1 Å².